The fraction of sp³-hybridized carbons (Fsp3) is 0.286. The second-order valence-electron chi connectivity index (χ2n) is 4.80. The third-order valence-electron chi connectivity index (χ3n) is 3.37. The number of aromatic carboxylic acids is 1. The van der Waals surface area contributed by atoms with Crippen LogP contribution in [0.4, 0.5) is 0 Å². The summed E-state index contributed by atoms with van der Waals surface area (Å²) >= 11 is 0. The number of nitrogens with zero attached hydrogens (tertiary/aromatic N) is 5. The van der Waals surface area contributed by atoms with Gasteiger partial charge >= 0.3 is 5.97 Å². The van der Waals surface area contributed by atoms with Gasteiger partial charge in [0.1, 0.15) is 5.52 Å². The number of unbranched alkanes of at least 4 members (excludes halogenated alkanes) is 1. The van der Waals surface area contributed by atoms with E-state index in [1.807, 2.05) is 16.8 Å². The van der Waals surface area contributed by atoms with Crippen LogP contribution in [0.15, 0.2) is 36.9 Å². The number of carbonyl (C=O) groups is 1. The minimum Gasteiger partial charge on any atom is -0.478 e. The van der Waals surface area contributed by atoms with Gasteiger partial charge in [0.25, 0.3) is 0 Å². The first-order valence-electron chi connectivity index (χ1n) is 6.77. The van der Waals surface area contributed by atoms with Crippen LogP contribution in [0.5, 0.6) is 0 Å². The van der Waals surface area contributed by atoms with Gasteiger partial charge in [0.15, 0.2) is 0 Å². The summed E-state index contributed by atoms with van der Waals surface area (Å²) in [5.74, 6) is -0.979. The van der Waals surface area contributed by atoms with Gasteiger partial charge in [-0.25, -0.2) is 14.5 Å². The Hall–Kier alpha value is -2.70. The van der Waals surface area contributed by atoms with Crippen LogP contribution in [0.1, 0.15) is 23.2 Å². The highest BCUT2D eigenvalue weighted by Gasteiger charge is 2.13. The Morgan fingerprint density at radius 1 is 1.24 bits per heavy atom. The summed E-state index contributed by atoms with van der Waals surface area (Å²) in [6.45, 7) is 1.63. The molecule has 0 aliphatic heterocycles. The van der Waals surface area contributed by atoms with Crippen molar-refractivity contribution in [2.75, 3.05) is 0 Å². The van der Waals surface area contributed by atoms with E-state index < -0.39 is 5.97 Å². The molecule has 21 heavy (non-hydrogen) atoms. The number of carboxylic acids is 1. The topological polar surface area (TPSA) is 85.8 Å². The standard InChI is InChI=1S/C14H15N5O2/c20-14(21)11-4-3-5-12-13(11)16-17-19(12)8-2-1-7-18-9-6-15-10-18/h3-6,9-10H,1-2,7-8H2,(H,20,21). The van der Waals surface area contributed by atoms with E-state index >= 15 is 0 Å². The molecule has 7 heteroatoms. The molecule has 0 aliphatic rings. The summed E-state index contributed by atoms with van der Waals surface area (Å²) < 4.78 is 3.79. The third kappa shape index (κ3) is 2.76. The molecule has 2 heterocycles. The number of aryl methyl sites for hydroxylation is 2. The molecule has 1 aromatic carbocycles. The number of rotatable bonds is 6. The molecular weight excluding hydrogens is 270 g/mol. The van der Waals surface area contributed by atoms with E-state index in [0.29, 0.717) is 12.1 Å². The van der Waals surface area contributed by atoms with Crippen LogP contribution in [0.2, 0.25) is 0 Å². The highest BCUT2D eigenvalue weighted by molar-refractivity contribution is 6.00. The summed E-state index contributed by atoms with van der Waals surface area (Å²) in [4.78, 5) is 15.1. The highest BCUT2D eigenvalue weighted by atomic mass is 16.4. The summed E-state index contributed by atoms with van der Waals surface area (Å²) in [7, 11) is 0. The normalized spacial score (nSPS) is 11.0. The van der Waals surface area contributed by atoms with E-state index in [4.69, 9.17) is 5.11 Å². The maximum Gasteiger partial charge on any atom is 0.338 e. The van der Waals surface area contributed by atoms with Crippen LogP contribution >= 0.6 is 0 Å². The zero-order chi connectivity index (χ0) is 14.7. The van der Waals surface area contributed by atoms with Gasteiger partial charge in [-0.05, 0) is 25.0 Å². The van der Waals surface area contributed by atoms with E-state index in [2.05, 4.69) is 15.3 Å². The Bertz CT molecular complexity index is 748. The fourth-order valence-corrected chi connectivity index (χ4v) is 2.30. The molecule has 0 fully saturated rings. The first-order chi connectivity index (χ1) is 10.3. The van der Waals surface area contributed by atoms with Crippen molar-refractivity contribution >= 4 is 17.0 Å². The molecule has 0 saturated heterocycles. The molecule has 3 aromatic rings. The summed E-state index contributed by atoms with van der Waals surface area (Å²) in [6, 6.07) is 5.11. The lowest BCUT2D eigenvalue weighted by atomic mass is 10.2. The van der Waals surface area contributed by atoms with Crippen molar-refractivity contribution in [3.63, 3.8) is 0 Å². The smallest absolute Gasteiger partial charge is 0.338 e. The van der Waals surface area contributed by atoms with Crippen molar-refractivity contribution in [3.05, 3.63) is 42.5 Å². The minimum atomic E-state index is -0.979. The first kappa shape index (κ1) is 13.3. The maximum atomic E-state index is 11.1. The average molecular weight is 285 g/mol. The Morgan fingerprint density at radius 2 is 2.10 bits per heavy atom. The summed E-state index contributed by atoms with van der Waals surface area (Å²) in [5.41, 5.74) is 1.40. The van der Waals surface area contributed by atoms with E-state index in [1.165, 1.54) is 0 Å². The van der Waals surface area contributed by atoms with Crippen LogP contribution in [0.25, 0.3) is 11.0 Å². The predicted octanol–water partition coefficient (Wildman–Crippen LogP) is 1.81. The fourth-order valence-electron chi connectivity index (χ4n) is 2.30. The van der Waals surface area contributed by atoms with Gasteiger partial charge in [-0.1, -0.05) is 11.3 Å². The second kappa shape index (κ2) is 5.74. The van der Waals surface area contributed by atoms with E-state index in [0.717, 1.165) is 24.9 Å². The second-order valence-corrected chi connectivity index (χ2v) is 4.80. The average Bonchev–Trinajstić information content (AvgIpc) is 3.13. The molecule has 0 atom stereocenters. The molecule has 108 valence electrons. The number of hydrogen-bond donors (Lipinski definition) is 1. The van der Waals surface area contributed by atoms with Crippen LogP contribution in [-0.4, -0.2) is 35.6 Å². The molecule has 0 spiro atoms. The van der Waals surface area contributed by atoms with Crippen LogP contribution in [-0.2, 0) is 13.1 Å². The van der Waals surface area contributed by atoms with Gasteiger partial charge in [0.05, 0.1) is 17.4 Å². The zero-order valence-corrected chi connectivity index (χ0v) is 11.4. The molecule has 2 aromatic heterocycles. The molecular formula is C14H15N5O2. The largest absolute Gasteiger partial charge is 0.478 e. The minimum absolute atomic E-state index is 0.192. The SMILES string of the molecule is O=C(O)c1cccc2c1nnn2CCCCn1ccnc1. The lowest BCUT2D eigenvalue weighted by molar-refractivity contribution is 0.0699. The molecule has 0 unspecified atom stereocenters. The van der Waals surface area contributed by atoms with Crippen molar-refractivity contribution in [2.45, 2.75) is 25.9 Å². The Morgan fingerprint density at radius 3 is 2.86 bits per heavy atom. The lowest BCUT2D eigenvalue weighted by Gasteiger charge is -2.04. The van der Waals surface area contributed by atoms with E-state index in [9.17, 15) is 4.79 Å². The number of hydrogen-bond acceptors (Lipinski definition) is 4. The molecule has 3 rings (SSSR count). The van der Waals surface area contributed by atoms with Crippen LogP contribution in [0.3, 0.4) is 0 Å². The van der Waals surface area contributed by atoms with Gasteiger partial charge in [-0.2, -0.15) is 0 Å². The van der Waals surface area contributed by atoms with Crippen molar-refractivity contribution in [2.24, 2.45) is 0 Å². The lowest BCUT2D eigenvalue weighted by Crippen LogP contribution is -2.03. The number of carboxylic acid groups (broad SMARTS) is 1. The molecule has 0 radical (unpaired) electrons. The van der Waals surface area contributed by atoms with Crippen molar-refractivity contribution in [3.8, 4) is 0 Å². The molecule has 0 bridgehead atoms. The summed E-state index contributed by atoms with van der Waals surface area (Å²) in [6.07, 6.45) is 7.43. The zero-order valence-electron chi connectivity index (χ0n) is 11.4. The third-order valence-corrected chi connectivity index (χ3v) is 3.37. The number of benzene rings is 1. The van der Waals surface area contributed by atoms with Crippen molar-refractivity contribution in [1.29, 1.82) is 0 Å². The quantitative estimate of drug-likeness (QED) is 0.698. The molecule has 0 amide bonds. The van der Waals surface area contributed by atoms with Crippen LogP contribution < -0.4 is 0 Å². The first-order valence-corrected chi connectivity index (χ1v) is 6.77. The number of aromatic nitrogens is 5. The summed E-state index contributed by atoms with van der Waals surface area (Å²) in [5, 5.41) is 17.2. The van der Waals surface area contributed by atoms with Gasteiger partial charge in [0, 0.05) is 25.5 Å². The van der Waals surface area contributed by atoms with E-state index in [1.54, 1.807) is 29.3 Å². The van der Waals surface area contributed by atoms with Crippen molar-refractivity contribution < 1.29 is 9.90 Å². The molecule has 0 saturated carbocycles. The van der Waals surface area contributed by atoms with Crippen LogP contribution in [0, 0.1) is 0 Å². The Kier molecular flexibility index (Phi) is 3.63. The number of fused-ring (bicyclic) bond motifs is 1. The molecule has 0 aliphatic carbocycles. The maximum absolute atomic E-state index is 11.1. The van der Waals surface area contributed by atoms with Gasteiger partial charge in [-0.15, -0.1) is 5.10 Å². The van der Waals surface area contributed by atoms with Gasteiger partial charge in [0.2, 0.25) is 0 Å². The molecule has 7 nitrogen and oxygen atoms in total. The Balaban J connectivity index is 1.67. The number of imidazole rings is 1. The van der Waals surface area contributed by atoms with Gasteiger partial charge < -0.3 is 9.67 Å². The monoisotopic (exact) mass is 285 g/mol. The van der Waals surface area contributed by atoms with E-state index in [-0.39, 0.29) is 5.56 Å². The highest BCUT2D eigenvalue weighted by Crippen LogP contribution is 2.16. The van der Waals surface area contributed by atoms with Gasteiger partial charge in [-0.3, -0.25) is 0 Å². The molecule has 1 N–H and O–H groups in total. The Labute approximate surface area is 120 Å². The predicted molar refractivity (Wildman–Crippen MR) is 75.9 cm³/mol. The van der Waals surface area contributed by atoms with Crippen molar-refractivity contribution in [1.82, 2.24) is 24.5 Å².